The number of hydrogen-bond acceptors (Lipinski definition) is 5. The summed E-state index contributed by atoms with van der Waals surface area (Å²) in [5.74, 6) is 0.939. The van der Waals surface area contributed by atoms with Crippen LogP contribution in [-0.2, 0) is 6.54 Å². The first-order valence-corrected chi connectivity index (χ1v) is 7.40. The summed E-state index contributed by atoms with van der Waals surface area (Å²) in [6, 6.07) is 11.9. The van der Waals surface area contributed by atoms with Crippen LogP contribution in [0.2, 0.25) is 0 Å². The minimum absolute atomic E-state index is 0.680. The van der Waals surface area contributed by atoms with Crippen LogP contribution >= 0.6 is 11.3 Å². The van der Waals surface area contributed by atoms with Crippen LogP contribution < -0.4 is 4.90 Å². The highest BCUT2D eigenvalue weighted by Crippen LogP contribution is 2.29. The summed E-state index contributed by atoms with van der Waals surface area (Å²) in [6.45, 7) is 2.82. The van der Waals surface area contributed by atoms with Gasteiger partial charge in [0, 0.05) is 18.5 Å². The maximum atomic E-state index is 8.83. The van der Waals surface area contributed by atoms with Gasteiger partial charge in [-0.05, 0) is 30.7 Å². The van der Waals surface area contributed by atoms with Crippen LogP contribution in [0.5, 0.6) is 0 Å². The molecule has 0 amide bonds. The van der Waals surface area contributed by atoms with Gasteiger partial charge in [-0.1, -0.05) is 12.1 Å². The number of rotatable bonds is 3. The zero-order chi connectivity index (χ0) is 14.8. The molecular weight excluding hydrogens is 280 g/mol. The van der Waals surface area contributed by atoms with Crippen molar-refractivity contribution >= 4 is 27.4 Å². The molecule has 0 spiro atoms. The number of benzene rings is 1. The third-order valence-electron chi connectivity index (χ3n) is 3.30. The highest BCUT2D eigenvalue weighted by Gasteiger charge is 2.11. The molecule has 3 aromatic rings. The van der Waals surface area contributed by atoms with Gasteiger partial charge in [-0.25, -0.2) is 9.97 Å². The molecule has 0 saturated carbocycles. The van der Waals surface area contributed by atoms with Gasteiger partial charge >= 0.3 is 0 Å². The van der Waals surface area contributed by atoms with Crippen molar-refractivity contribution in [2.45, 2.75) is 13.5 Å². The summed E-state index contributed by atoms with van der Waals surface area (Å²) in [4.78, 5) is 13.1. The highest BCUT2D eigenvalue weighted by atomic mass is 32.1. The van der Waals surface area contributed by atoms with Gasteiger partial charge in [0.15, 0.2) is 0 Å². The Morgan fingerprint density at radius 3 is 2.71 bits per heavy atom. The summed E-state index contributed by atoms with van der Waals surface area (Å²) in [7, 11) is 2.02. The van der Waals surface area contributed by atoms with Crippen LogP contribution in [0.4, 0.5) is 5.82 Å². The molecule has 21 heavy (non-hydrogen) atoms. The van der Waals surface area contributed by atoms with E-state index >= 15 is 0 Å². The summed E-state index contributed by atoms with van der Waals surface area (Å²) in [6.07, 6.45) is 1.61. The lowest BCUT2D eigenvalue weighted by atomic mass is 10.1. The van der Waals surface area contributed by atoms with Crippen molar-refractivity contribution in [3.05, 3.63) is 52.7 Å². The highest BCUT2D eigenvalue weighted by molar-refractivity contribution is 7.18. The summed E-state index contributed by atoms with van der Waals surface area (Å²) in [5, 5.41) is 9.93. The van der Waals surface area contributed by atoms with E-state index < -0.39 is 0 Å². The molecule has 0 saturated heterocycles. The molecule has 0 aliphatic heterocycles. The molecule has 2 aromatic heterocycles. The minimum Gasteiger partial charge on any atom is -0.355 e. The Hall–Kier alpha value is -2.45. The maximum Gasteiger partial charge on any atom is 0.140 e. The Labute approximate surface area is 127 Å². The Balaban J connectivity index is 1.89. The van der Waals surface area contributed by atoms with E-state index in [0.717, 1.165) is 28.1 Å². The summed E-state index contributed by atoms with van der Waals surface area (Å²) >= 11 is 1.68. The third kappa shape index (κ3) is 2.71. The van der Waals surface area contributed by atoms with Gasteiger partial charge < -0.3 is 4.90 Å². The predicted molar refractivity (Wildman–Crippen MR) is 85.4 cm³/mol. The molecule has 1 aromatic carbocycles. The van der Waals surface area contributed by atoms with Crippen molar-refractivity contribution in [1.82, 2.24) is 9.97 Å². The standard InChI is InChI=1S/C16H14N4S/c1-11-7-14-15(18-10-19-16(14)21-11)20(2)9-13-5-3-12(8-17)4-6-13/h3-7,10H,9H2,1-2H3. The van der Waals surface area contributed by atoms with Crippen molar-refractivity contribution in [3.8, 4) is 6.07 Å². The Morgan fingerprint density at radius 1 is 1.24 bits per heavy atom. The number of nitrogens with zero attached hydrogens (tertiary/aromatic N) is 4. The number of nitriles is 1. The second-order valence-corrected chi connectivity index (χ2v) is 6.17. The van der Waals surface area contributed by atoms with E-state index in [9.17, 15) is 0 Å². The van der Waals surface area contributed by atoms with Crippen LogP contribution in [0.15, 0.2) is 36.7 Å². The molecule has 5 heteroatoms. The van der Waals surface area contributed by atoms with E-state index in [1.807, 2.05) is 31.3 Å². The van der Waals surface area contributed by atoms with E-state index in [0.29, 0.717) is 5.56 Å². The lowest BCUT2D eigenvalue weighted by Crippen LogP contribution is -2.17. The average molecular weight is 294 g/mol. The monoisotopic (exact) mass is 294 g/mol. The molecule has 0 bridgehead atoms. The van der Waals surface area contributed by atoms with Gasteiger partial charge in [-0.3, -0.25) is 0 Å². The van der Waals surface area contributed by atoms with Crippen LogP contribution in [0.1, 0.15) is 16.0 Å². The lowest BCUT2D eigenvalue weighted by Gasteiger charge is -2.18. The summed E-state index contributed by atoms with van der Waals surface area (Å²) < 4.78 is 0. The normalized spacial score (nSPS) is 10.5. The van der Waals surface area contributed by atoms with Gasteiger partial charge in [-0.15, -0.1) is 11.3 Å². The van der Waals surface area contributed by atoms with Gasteiger partial charge in [0.25, 0.3) is 0 Å². The number of fused-ring (bicyclic) bond motifs is 1. The first kappa shape index (κ1) is 13.5. The number of anilines is 1. The number of thiophene rings is 1. The Kier molecular flexibility index (Phi) is 3.55. The maximum absolute atomic E-state index is 8.83. The molecule has 0 aliphatic rings. The molecule has 0 unspecified atom stereocenters. The fraction of sp³-hybridized carbons (Fsp3) is 0.188. The molecule has 0 aliphatic carbocycles. The van der Waals surface area contributed by atoms with Gasteiger partial charge in [0.05, 0.1) is 17.0 Å². The van der Waals surface area contributed by atoms with Crippen LogP contribution in [0, 0.1) is 18.3 Å². The van der Waals surface area contributed by atoms with E-state index in [2.05, 4.69) is 33.9 Å². The molecule has 0 N–H and O–H groups in total. The zero-order valence-corrected chi connectivity index (χ0v) is 12.7. The topological polar surface area (TPSA) is 52.8 Å². The van der Waals surface area contributed by atoms with Crippen molar-refractivity contribution in [2.24, 2.45) is 0 Å². The van der Waals surface area contributed by atoms with Crippen LogP contribution in [0.3, 0.4) is 0 Å². The van der Waals surface area contributed by atoms with Crippen molar-refractivity contribution in [1.29, 1.82) is 5.26 Å². The second kappa shape index (κ2) is 5.51. The number of aromatic nitrogens is 2. The zero-order valence-electron chi connectivity index (χ0n) is 11.9. The van der Waals surface area contributed by atoms with Crippen LogP contribution in [0.25, 0.3) is 10.2 Å². The van der Waals surface area contributed by atoms with Gasteiger partial charge in [-0.2, -0.15) is 5.26 Å². The largest absolute Gasteiger partial charge is 0.355 e. The molecule has 104 valence electrons. The Bertz CT molecular complexity index is 814. The molecule has 0 atom stereocenters. The molecule has 2 heterocycles. The third-order valence-corrected chi connectivity index (χ3v) is 4.25. The average Bonchev–Trinajstić information content (AvgIpc) is 2.87. The van der Waals surface area contributed by atoms with E-state index in [1.54, 1.807) is 17.7 Å². The first-order valence-electron chi connectivity index (χ1n) is 6.58. The van der Waals surface area contributed by atoms with E-state index in [1.165, 1.54) is 4.88 Å². The SMILES string of the molecule is Cc1cc2c(N(C)Cc3ccc(C#N)cc3)ncnc2s1. The quantitative estimate of drug-likeness (QED) is 0.742. The first-order chi connectivity index (χ1) is 10.2. The van der Waals surface area contributed by atoms with Crippen molar-refractivity contribution in [3.63, 3.8) is 0 Å². The fourth-order valence-electron chi connectivity index (χ4n) is 2.30. The van der Waals surface area contributed by atoms with E-state index in [-0.39, 0.29) is 0 Å². The van der Waals surface area contributed by atoms with E-state index in [4.69, 9.17) is 5.26 Å². The number of hydrogen-bond donors (Lipinski definition) is 0. The molecule has 4 nitrogen and oxygen atoms in total. The Morgan fingerprint density at radius 2 is 2.00 bits per heavy atom. The predicted octanol–water partition coefficient (Wildman–Crippen LogP) is 3.51. The van der Waals surface area contributed by atoms with Crippen molar-refractivity contribution in [2.75, 3.05) is 11.9 Å². The van der Waals surface area contributed by atoms with Crippen molar-refractivity contribution < 1.29 is 0 Å². The molecule has 3 rings (SSSR count). The molecule has 0 fully saturated rings. The lowest BCUT2D eigenvalue weighted by molar-refractivity contribution is 0.900. The summed E-state index contributed by atoms with van der Waals surface area (Å²) in [5.41, 5.74) is 1.83. The number of aryl methyl sites for hydroxylation is 1. The second-order valence-electron chi connectivity index (χ2n) is 4.94. The van der Waals surface area contributed by atoms with Gasteiger partial charge in [0.2, 0.25) is 0 Å². The molecule has 0 radical (unpaired) electrons. The fourth-order valence-corrected chi connectivity index (χ4v) is 3.14. The van der Waals surface area contributed by atoms with Crippen LogP contribution in [-0.4, -0.2) is 17.0 Å². The molecular formula is C16H14N4S. The van der Waals surface area contributed by atoms with Gasteiger partial charge in [0.1, 0.15) is 17.0 Å². The smallest absolute Gasteiger partial charge is 0.140 e. The minimum atomic E-state index is 0.680.